The Morgan fingerprint density at radius 3 is 2.41 bits per heavy atom. The van der Waals surface area contributed by atoms with Gasteiger partial charge in [0.05, 0.1) is 5.69 Å². The minimum Gasteiger partial charge on any atom is -0.356 e. The lowest BCUT2D eigenvalue weighted by Gasteiger charge is -2.26. The SMILES string of the molecule is CN=C(NCCCn1nc(C)cc1C)NCc1ccc(CN2CCCCC2)cc1. The topological polar surface area (TPSA) is 57.5 Å². The number of nitrogens with zero attached hydrogens (tertiary/aromatic N) is 4. The zero-order valence-corrected chi connectivity index (χ0v) is 18.2. The Bertz CT molecular complexity index is 771. The number of nitrogens with one attached hydrogen (secondary N) is 2. The molecular weight excluding hydrogens is 360 g/mol. The van der Waals surface area contributed by atoms with Crippen LogP contribution in [0.3, 0.4) is 0 Å². The Morgan fingerprint density at radius 1 is 1.03 bits per heavy atom. The quantitative estimate of drug-likeness (QED) is 0.409. The van der Waals surface area contributed by atoms with Gasteiger partial charge in [0.15, 0.2) is 5.96 Å². The zero-order valence-electron chi connectivity index (χ0n) is 18.2. The summed E-state index contributed by atoms with van der Waals surface area (Å²) in [5, 5.41) is 11.3. The van der Waals surface area contributed by atoms with Crippen molar-refractivity contribution in [3.8, 4) is 0 Å². The standard InChI is InChI=1S/C23H36N6/c1-19-16-20(2)29(27-19)15-7-12-25-23(24-3)26-17-21-8-10-22(11-9-21)18-28-13-5-4-6-14-28/h8-11,16H,4-7,12-15,17-18H2,1-3H3,(H2,24,25,26). The maximum Gasteiger partial charge on any atom is 0.191 e. The summed E-state index contributed by atoms with van der Waals surface area (Å²) >= 11 is 0. The first kappa shape index (κ1) is 21.4. The molecule has 0 atom stereocenters. The molecule has 0 unspecified atom stereocenters. The van der Waals surface area contributed by atoms with Gasteiger partial charge in [0.2, 0.25) is 0 Å². The number of aromatic nitrogens is 2. The van der Waals surface area contributed by atoms with Crippen molar-refractivity contribution in [1.82, 2.24) is 25.3 Å². The predicted octanol–water partition coefficient (Wildman–Crippen LogP) is 3.24. The summed E-state index contributed by atoms with van der Waals surface area (Å²) in [5.74, 6) is 0.843. The highest BCUT2D eigenvalue weighted by Gasteiger charge is 2.10. The second kappa shape index (κ2) is 11.0. The van der Waals surface area contributed by atoms with E-state index < -0.39 is 0 Å². The highest BCUT2D eigenvalue weighted by atomic mass is 15.3. The second-order valence-electron chi connectivity index (χ2n) is 8.01. The molecule has 2 N–H and O–H groups in total. The molecular formula is C23H36N6. The Balaban J connectivity index is 1.36. The van der Waals surface area contributed by atoms with Crippen LogP contribution in [0.2, 0.25) is 0 Å². The predicted molar refractivity (Wildman–Crippen MR) is 120 cm³/mol. The number of aliphatic imine (C=N–C) groups is 1. The van der Waals surface area contributed by atoms with Crippen LogP contribution in [0.15, 0.2) is 35.3 Å². The Hall–Kier alpha value is -2.34. The molecule has 0 amide bonds. The van der Waals surface area contributed by atoms with Crippen LogP contribution in [0, 0.1) is 13.8 Å². The lowest BCUT2D eigenvalue weighted by molar-refractivity contribution is 0.221. The molecule has 2 heterocycles. The highest BCUT2D eigenvalue weighted by Crippen LogP contribution is 2.13. The molecule has 1 aliphatic rings. The van der Waals surface area contributed by atoms with E-state index in [-0.39, 0.29) is 0 Å². The molecule has 0 aliphatic carbocycles. The third-order valence-corrected chi connectivity index (χ3v) is 5.50. The summed E-state index contributed by atoms with van der Waals surface area (Å²) in [6.07, 6.45) is 5.08. The van der Waals surface area contributed by atoms with Crippen LogP contribution in [0.5, 0.6) is 0 Å². The minimum absolute atomic E-state index is 0.779. The third kappa shape index (κ3) is 6.89. The molecule has 158 valence electrons. The smallest absolute Gasteiger partial charge is 0.191 e. The average molecular weight is 397 g/mol. The van der Waals surface area contributed by atoms with Gasteiger partial charge in [-0.1, -0.05) is 30.7 Å². The van der Waals surface area contributed by atoms with Crippen molar-refractivity contribution in [3.63, 3.8) is 0 Å². The Labute approximate surface area is 175 Å². The maximum absolute atomic E-state index is 4.51. The van der Waals surface area contributed by atoms with Gasteiger partial charge in [-0.05, 0) is 63.4 Å². The van der Waals surface area contributed by atoms with Gasteiger partial charge in [-0.25, -0.2) is 0 Å². The summed E-state index contributed by atoms with van der Waals surface area (Å²) in [6.45, 7) is 10.3. The van der Waals surface area contributed by atoms with Crippen LogP contribution < -0.4 is 10.6 Å². The Morgan fingerprint density at radius 2 is 1.76 bits per heavy atom. The fourth-order valence-corrected chi connectivity index (χ4v) is 3.88. The van der Waals surface area contributed by atoms with Crippen molar-refractivity contribution < 1.29 is 0 Å². The molecule has 6 nitrogen and oxygen atoms in total. The van der Waals surface area contributed by atoms with Crippen molar-refractivity contribution in [2.75, 3.05) is 26.7 Å². The largest absolute Gasteiger partial charge is 0.356 e. The highest BCUT2D eigenvalue weighted by molar-refractivity contribution is 5.79. The number of piperidine rings is 1. The number of rotatable bonds is 8. The Kier molecular flexibility index (Phi) is 8.11. The van der Waals surface area contributed by atoms with E-state index in [1.54, 1.807) is 0 Å². The van der Waals surface area contributed by atoms with Crippen molar-refractivity contribution in [2.24, 2.45) is 4.99 Å². The zero-order chi connectivity index (χ0) is 20.5. The minimum atomic E-state index is 0.779. The van der Waals surface area contributed by atoms with E-state index in [0.717, 1.165) is 44.3 Å². The average Bonchev–Trinajstić information content (AvgIpc) is 3.06. The molecule has 6 heteroatoms. The number of hydrogen-bond acceptors (Lipinski definition) is 3. The summed E-state index contributed by atoms with van der Waals surface area (Å²) < 4.78 is 2.07. The van der Waals surface area contributed by atoms with Crippen LogP contribution >= 0.6 is 0 Å². The van der Waals surface area contributed by atoms with Crippen molar-refractivity contribution in [3.05, 3.63) is 52.8 Å². The van der Waals surface area contributed by atoms with E-state index in [0.29, 0.717) is 0 Å². The van der Waals surface area contributed by atoms with Crippen molar-refractivity contribution in [1.29, 1.82) is 0 Å². The van der Waals surface area contributed by atoms with Crippen LogP contribution in [-0.2, 0) is 19.6 Å². The van der Waals surface area contributed by atoms with Crippen LogP contribution in [0.1, 0.15) is 48.2 Å². The van der Waals surface area contributed by atoms with Crippen molar-refractivity contribution in [2.45, 2.75) is 59.2 Å². The van der Waals surface area contributed by atoms with Crippen LogP contribution in [-0.4, -0.2) is 47.3 Å². The molecule has 0 bridgehead atoms. The number of guanidine groups is 1. The molecule has 1 fully saturated rings. The lowest BCUT2D eigenvalue weighted by atomic mass is 10.1. The molecule has 0 saturated carbocycles. The fourth-order valence-electron chi connectivity index (χ4n) is 3.88. The summed E-state index contributed by atoms with van der Waals surface area (Å²) in [5.41, 5.74) is 4.98. The molecule has 1 saturated heterocycles. The molecule has 1 aromatic heterocycles. The molecule has 2 aromatic rings. The summed E-state index contributed by atoms with van der Waals surface area (Å²) in [4.78, 5) is 6.89. The normalized spacial score (nSPS) is 15.5. The van der Waals surface area contributed by atoms with Crippen molar-refractivity contribution >= 4 is 5.96 Å². The number of likely N-dealkylation sites (tertiary alicyclic amines) is 1. The van der Waals surface area contributed by atoms with E-state index in [2.05, 4.69) is 67.6 Å². The van der Waals surface area contributed by atoms with E-state index in [1.165, 1.54) is 49.2 Å². The lowest BCUT2D eigenvalue weighted by Crippen LogP contribution is -2.37. The van der Waals surface area contributed by atoms with Gasteiger partial charge in [0.25, 0.3) is 0 Å². The fraction of sp³-hybridized carbons (Fsp3) is 0.565. The molecule has 3 rings (SSSR count). The second-order valence-corrected chi connectivity index (χ2v) is 8.01. The van der Waals surface area contributed by atoms with Crippen LogP contribution in [0.4, 0.5) is 0 Å². The number of aryl methyl sites for hydroxylation is 3. The van der Waals surface area contributed by atoms with E-state index in [1.807, 2.05) is 14.0 Å². The molecule has 1 aliphatic heterocycles. The molecule has 29 heavy (non-hydrogen) atoms. The summed E-state index contributed by atoms with van der Waals surface area (Å²) in [7, 11) is 1.82. The first-order valence-electron chi connectivity index (χ1n) is 10.9. The van der Waals surface area contributed by atoms with Gasteiger partial charge >= 0.3 is 0 Å². The number of benzene rings is 1. The van der Waals surface area contributed by atoms with Gasteiger partial charge in [-0.3, -0.25) is 14.6 Å². The van der Waals surface area contributed by atoms with E-state index >= 15 is 0 Å². The van der Waals surface area contributed by atoms with Gasteiger partial charge in [0.1, 0.15) is 0 Å². The molecule has 1 aromatic carbocycles. The van der Waals surface area contributed by atoms with Crippen LogP contribution in [0.25, 0.3) is 0 Å². The van der Waals surface area contributed by atoms with Gasteiger partial charge in [0, 0.05) is 38.9 Å². The number of hydrogen-bond donors (Lipinski definition) is 2. The maximum atomic E-state index is 4.51. The van der Waals surface area contributed by atoms with E-state index in [9.17, 15) is 0 Å². The first-order chi connectivity index (χ1) is 14.1. The third-order valence-electron chi connectivity index (χ3n) is 5.50. The van der Waals surface area contributed by atoms with Gasteiger partial charge < -0.3 is 10.6 Å². The molecule has 0 radical (unpaired) electrons. The van der Waals surface area contributed by atoms with Gasteiger partial charge in [-0.2, -0.15) is 5.10 Å². The summed E-state index contributed by atoms with van der Waals surface area (Å²) in [6, 6.07) is 11.1. The van der Waals surface area contributed by atoms with E-state index in [4.69, 9.17) is 0 Å². The monoisotopic (exact) mass is 396 g/mol. The molecule has 0 spiro atoms. The van der Waals surface area contributed by atoms with Gasteiger partial charge in [-0.15, -0.1) is 0 Å². The first-order valence-corrected chi connectivity index (χ1v) is 10.9.